The lowest BCUT2D eigenvalue weighted by atomic mass is 10.1. The molecule has 22 heavy (non-hydrogen) atoms. The minimum Gasteiger partial charge on any atom is -0.299 e. The van der Waals surface area contributed by atoms with Crippen LogP contribution in [0.4, 0.5) is 0 Å². The van der Waals surface area contributed by atoms with Crippen LogP contribution in [0.2, 0.25) is 0 Å². The Bertz CT molecular complexity index is 598. The van der Waals surface area contributed by atoms with Crippen LogP contribution < -0.4 is 0 Å². The molecule has 0 bridgehead atoms. The number of rotatable bonds is 7. The summed E-state index contributed by atoms with van der Waals surface area (Å²) in [4.78, 5) is 14.9. The molecule has 0 aliphatic heterocycles. The van der Waals surface area contributed by atoms with Gasteiger partial charge in [0.2, 0.25) is 0 Å². The molecule has 4 heteroatoms. The fourth-order valence-corrected chi connectivity index (χ4v) is 3.83. The van der Waals surface area contributed by atoms with Gasteiger partial charge in [0.25, 0.3) is 0 Å². The highest BCUT2D eigenvalue weighted by Gasteiger charge is 2.15. The van der Waals surface area contributed by atoms with Crippen molar-refractivity contribution in [3.05, 3.63) is 35.2 Å². The smallest absolute Gasteiger partial charge is 0.164 e. The van der Waals surface area contributed by atoms with Crippen LogP contribution in [0.1, 0.15) is 50.9 Å². The van der Waals surface area contributed by atoms with Crippen LogP contribution in [0.3, 0.4) is 0 Å². The first kappa shape index (κ1) is 19.3. The predicted octanol–water partition coefficient (Wildman–Crippen LogP) is 5.56. The van der Waals surface area contributed by atoms with Crippen molar-refractivity contribution in [3.63, 3.8) is 0 Å². The molecule has 0 amide bonds. The molecule has 0 saturated heterocycles. The average molecular weight is 384 g/mol. The molecule has 122 valence electrons. The van der Waals surface area contributed by atoms with Crippen molar-refractivity contribution >= 4 is 44.2 Å². The first-order valence-electron chi connectivity index (χ1n) is 7.76. The van der Waals surface area contributed by atoms with Gasteiger partial charge >= 0.3 is 0 Å². The van der Waals surface area contributed by atoms with Gasteiger partial charge in [-0.1, -0.05) is 18.2 Å². The zero-order valence-electron chi connectivity index (χ0n) is 13.8. The van der Waals surface area contributed by atoms with Crippen LogP contribution >= 0.6 is 28.3 Å². The molecule has 0 fully saturated rings. The number of halogens is 1. The van der Waals surface area contributed by atoms with Crippen molar-refractivity contribution < 1.29 is 4.79 Å². The van der Waals surface area contributed by atoms with Gasteiger partial charge in [-0.3, -0.25) is 9.69 Å². The first-order valence-corrected chi connectivity index (χ1v) is 8.64. The Kier molecular flexibility index (Phi) is 7.74. The summed E-state index contributed by atoms with van der Waals surface area (Å²) in [5, 5.41) is 3.12. The summed E-state index contributed by atoms with van der Waals surface area (Å²) in [6.45, 7) is 9.86. The van der Waals surface area contributed by atoms with Gasteiger partial charge in [-0.25, -0.2) is 0 Å². The zero-order chi connectivity index (χ0) is 15.4. The number of carbonyl (C=O) groups excluding carboxylic acids is 1. The Labute approximate surface area is 148 Å². The van der Waals surface area contributed by atoms with Crippen molar-refractivity contribution in [1.82, 2.24) is 4.90 Å². The van der Waals surface area contributed by atoms with Crippen LogP contribution in [0.15, 0.2) is 29.6 Å². The molecule has 1 aromatic heterocycles. The van der Waals surface area contributed by atoms with Gasteiger partial charge in [-0.2, -0.15) is 0 Å². The van der Waals surface area contributed by atoms with Crippen LogP contribution in [-0.2, 0) is 0 Å². The third-order valence-corrected chi connectivity index (χ3v) is 4.89. The van der Waals surface area contributed by atoms with E-state index in [-0.39, 0.29) is 22.8 Å². The third-order valence-electron chi connectivity index (χ3n) is 3.93. The van der Waals surface area contributed by atoms with Crippen molar-refractivity contribution in [1.29, 1.82) is 0 Å². The van der Waals surface area contributed by atoms with E-state index in [9.17, 15) is 4.79 Å². The van der Waals surface area contributed by atoms with Crippen LogP contribution in [0.5, 0.6) is 0 Å². The third kappa shape index (κ3) is 4.64. The second-order valence-corrected chi connectivity index (χ2v) is 7.01. The van der Waals surface area contributed by atoms with Gasteiger partial charge in [-0.15, -0.1) is 28.3 Å². The summed E-state index contributed by atoms with van der Waals surface area (Å²) in [6, 6.07) is 9.22. The second kappa shape index (κ2) is 8.80. The number of hydrogen-bond donors (Lipinski definition) is 0. The lowest BCUT2D eigenvalue weighted by Crippen LogP contribution is -2.37. The second-order valence-electron chi connectivity index (χ2n) is 6.10. The van der Waals surface area contributed by atoms with Crippen molar-refractivity contribution in [3.8, 4) is 0 Å². The molecule has 0 saturated carbocycles. The molecule has 0 atom stereocenters. The molecule has 0 N–H and O–H groups in total. The lowest BCUT2D eigenvalue weighted by molar-refractivity contribution is 0.0967. The summed E-state index contributed by atoms with van der Waals surface area (Å²) < 4.78 is 1.20. The van der Waals surface area contributed by atoms with Crippen LogP contribution in [0, 0.1) is 0 Å². The molecular weight excluding hydrogens is 358 g/mol. The number of hydrogen-bond acceptors (Lipinski definition) is 3. The molecule has 0 unspecified atom stereocenters. The summed E-state index contributed by atoms with van der Waals surface area (Å²) in [7, 11) is 0. The Morgan fingerprint density at radius 3 is 2.41 bits per heavy atom. The van der Waals surface area contributed by atoms with Gasteiger partial charge in [0.1, 0.15) is 0 Å². The molecule has 0 radical (unpaired) electrons. The molecule has 1 aromatic carbocycles. The average Bonchev–Trinajstić information content (AvgIpc) is 2.86. The summed E-state index contributed by atoms with van der Waals surface area (Å²) in [5.74, 6) is 0.278. The van der Waals surface area contributed by atoms with Crippen molar-refractivity contribution in [2.24, 2.45) is 0 Å². The topological polar surface area (TPSA) is 20.3 Å². The van der Waals surface area contributed by atoms with Gasteiger partial charge in [0.05, 0.1) is 0 Å². The maximum Gasteiger partial charge on any atom is 0.164 e. The molecule has 2 nitrogen and oxygen atoms in total. The Morgan fingerprint density at radius 2 is 1.77 bits per heavy atom. The van der Waals surface area contributed by atoms with Gasteiger partial charge in [0, 0.05) is 39.5 Å². The van der Waals surface area contributed by atoms with E-state index >= 15 is 0 Å². The van der Waals surface area contributed by atoms with Crippen LogP contribution in [0.25, 0.3) is 10.1 Å². The fourth-order valence-electron chi connectivity index (χ4n) is 2.86. The number of thiophene rings is 1. The number of ketones is 1. The molecule has 0 aliphatic carbocycles. The van der Waals surface area contributed by atoms with Crippen molar-refractivity contribution in [2.75, 3.05) is 6.54 Å². The quantitative estimate of drug-likeness (QED) is 0.583. The number of nitrogens with zero attached hydrogens (tertiary/aromatic N) is 1. The Hall–Kier alpha value is -0.710. The normalized spacial score (nSPS) is 11.4. The Morgan fingerprint density at radius 1 is 1.14 bits per heavy atom. The van der Waals surface area contributed by atoms with E-state index in [1.807, 2.05) is 23.6 Å². The van der Waals surface area contributed by atoms with E-state index in [0.29, 0.717) is 18.5 Å². The molecule has 0 spiro atoms. The number of fused-ring (bicyclic) bond motifs is 1. The van der Waals surface area contributed by atoms with Crippen molar-refractivity contribution in [2.45, 2.75) is 52.6 Å². The summed E-state index contributed by atoms with van der Waals surface area (Å²) >= 11 is 1.66. The maximum absolute atomic E-state index is 12.4. The maximum atomic E-state index is 12.4. The van der Waals surface area contributed by atoms with Gasteiger partial charge < -0.3 is 0 Å². The van der Waals surface area contributed by atoms with Gasteiger partial charge in [-0.05, 0) is 46.7 Å². The molecular formula is C18H26BrNOS. The van der Waals surface area contributed by atoms with E-state index in [4.69, 9.17) is 0 Å². The van der Waals surface area contributed by atoms with E-state index in [1.54, 1.807) is 11.3 Å². The van der Waals surface area contributed by atoms with E-state index < -0.39 is 0 Å². The Balaban J connectivity index is 0.00000242. The van der Waals surface area contributed by atoms with E-state index in [0.717, 1.165) is 23.9 Å². The predicted molar refractivity (Wildman–Crippen MR) is 103 cm³/mol. The highest BCUT2D eigenvalue weighted by atomic mass is 79.9. The summed E-state index contributed by atoms with van der Waals surface area (Å²) in [5.41, 5.74) is 0.899. The monoisotopic (exact) mass is 383 g/mol. The summed E-state index contributed by atoms with van der Waals surface area (Å²) in [6.07, 6.45) is 1.57. The largest absolute Gasteiger partial charge is 0.299 e. The fraction of sp³-hybridized carbons (Fsp3) is 0.500. The molecule has 1 heterocycles. The highest BCUT2D eigenvalue weighted by molar-refractivity contribution is 8.93. The minimum atomic E-state index is 0. The van der Waals surface area contributed by atoms with E-state index in [2.05, 4.69) is 38.7 Å². The SMILES string of the molecule is Br.CC(C)N(CCCC(=O)c1csc2ccccc12)C(C)C. The number of benzene rings is 1. The number of carbonyl (C=O) groups is 1. The first-order chi connectivity index (χ1) is 10.0. The zero-order valence-corrected chi connectivity index (χ0v) is 16.4. The molecule has 0 aliphatic rings. The standard InChI is InChI=1S/C18H25NOS.BrH/c1-13(2)19(14(3)4)11-7-9-17(20)16-12-21-18-10-6-5-8-15(16)18;/h5-6,8,10,12-14H,7,9,11H2,1-4H3;1H. The highest BCUT2D eigenvalue weighted by Crippen LogP contribution is 2.26. The minimum absolute atomic E-state index is 0. The number of Topliss-reactive ketones (excluding diaryl/α,β-unsaturated/α-hetero) is 1. The molecule has 2 rings (SSSR count). The van der Waals surface area contributed by atoms with Crippen LogP contribution in [-0.4, -0.2) is 29.3 Å². The lowest BCUT2D eigenvalue weighted by Gasteiger charge is -2.30. The molecule has 2 aromatic rings. The van der Waals surface area contributed by atoms with Gasteiger partial charge in [0.15, 0.2) is 5.78 Å². The van der Waals surface area contributed by atoms with E-state index in [1.165, 1.54) is 4.70 Å².